The van der Waals surface area contributed by atoms with Crippen LogP contribution in [0.2, 0.25) is 0 Å². The van der Waals surface area contributed by atoms with Crippen LogP contribution < -0.4 is 10.6 Å². The molecule has 2 atom stereocenters. The minimum absolute atomic E-state index is 0.142. The Balaban J connectivity index is 1.52. The van der Waals surface area contributed by atoms with Gasteiger partial charge in [-0.25, -0.2) is 4.79 Å². The standard InChI is InChI=1S/C21H33N3O2/c1-24-13-10-19(18(15-24)14-17-8-4-2-5-9-17)23-20(25)22-16-21(26)11-6-3-7-12-21/h2,4-5,8-9,18-19,26H,3,6-7,10-16H2,1H3,(H2,22,23,25)/t18-,19+/m0/s1. The van der Waals surface area contributed by atoms with Crippen LogP contribution in [0.4, 0.5) is 4.79 Å². The molecule has 0 unspecified atom stereocenters. The Morgan fingerprint density at radius 3 is 2.69 bits per heavy atom. The number of hydrogen-bond acceptors (Lipinski definition) is 3. The van der Waals surface area contributed by atoms with Gasteiger partial charge in [-0.3, -0.25) is 0 Å². The van der Waals surface area contributed by atoms with Crippen LogP contribution >= 0.6 is 0 Å². The van der Waals surface area contributed by atoms with Gasteiger partial charge in [0.15, 0.2) is 0 Å². The molecule has 3 N–H and O–H groups in total. The van der Waals surface area contributed by atoms with Gasteiger partial charge in [0.25, 0.3) is 0 Å². The monoisotopic (exact) mass is 359 g/mol. The minimum Gasteiger partial charge on any atom is -0.388 e. The molecule has 2 aliphatic rings. The van der Waals surface area contributed by atoms with Crippen LogP contribution in [0.25, 0.3) is 0 Å². The normalized spacial score (nSPS) is 26.2. The average Bonchev–Trinajstić information content (AvgIpc) is 2.64. The summed E-state index contributed by atoms with van der Waals surface area (Å²) in [7, 11) is 2.15. The van der Waals surface area contributed by atoms with Gasteiger partial charge in [-0.15, -0.1) is 0 Å². The molecule has 5 heteroatoms. The fourth-order valence-electron chi connectivity index (χ4n) is 4.38. The number of hydrogen-bond donors (Lipinski definition) is 3. The molecule has 0 bridgehead atoms. The van der Waals surface area contributed by atoms with Crippen LogP contribution in [0.15, 0.2) is 30.3 Å². The predicted molar refractivity (Wildman–Crippen MR) is 104 cm³/mol. The number of aliphatic hydroxyl groups is 1. The molecule has 1 saturated heterocycles. The van der Waals surface area contributed by atoms with E-state index in [-0.39, 0.29) is 12.1 Å². The SMILES string of the molecule is CN1CC[C@@H](NC(=O)NCC2(O)CCCCC2)[C@@H](Cc2ccccc2)C1. The largest absolute Gasteiger partial charge is 0.388 e. The second kappa shape index (κ2) is 8.87. The molecule has 0 radical (unpaired) electrons. The molecule has 144 valence electrons. The van der Waals surface area contributed by atoms with E-state index in [0.29, 0.717) is 12.5 Å². The lowest BCUT2D eigenvalue weighted by molar-refractivity contribution is 0.00698. The van der Waals surface area contributed by atoms with Gasteiger partial charge in [-0.1, -0.05) is 49.6 Å². The molecule has 0 spiro atoms. The highest BCUT2D eigenvalue weighted by Crippen LogP contribution is 2.27. The lowest BCUT2D eigenvalue weighted by Gasteiger charge is -2.38. The maximum atomic E-state index is 12.4. The fourth-order valence-corrected chi connectivity index (χ4v) is 4.38. The topological polar surface area (TPSA) is 64.6 Å². The summed E-state index contributed by atoms with van der Waals surface area (Å²) in [5.74, 6) is 0.402. The smallest absolute Gasteiger partial charge is 0.315 e. The quantitative estimate of drug-likeness (QED) is 0.757. The zero-order valence-corrected chi connectivity index (χ0v) is 15.9. The Hall–Kier alpha value is -1.59. The van der Waals surface area contributed by atoms with Crippen molar-refractivity contribution in [1.82, 2.24) is 15.5 Å². The highest BCUT2D eigenvalue weighted by atomic mass is 16.3. The third kappa shape index (κ3) is 5.45. The van der Waals surface area contributed by atoms with E-state index >= 15 is 0 Å². The summed E-state index contributed by atoms with van der Waals surface area (Å²) >= 11 is 0. The van der Waals surface area contributed by atoms with E-state index in [1.54, 1.807) is 0 Å². The van der Waals surface area contributed by atoms with E-state index in [9.17, 15) is 9.90 Å². The summed E-state index contributed by atoms with van der Waals surface area (Å²) in [6.07, 6.45) is 6.80. The molecule has 0 aromatic heterocycles. The fraction of sp³-hybridized carbons (Fsp3) is 0.667. The number of benzene rings is 1. The van der Waals surface area contributed by atoms with Crippen molar-refractivity contribution >= 4 is 6.03 Å². The Labute approximate surface area is 157 Å². The number of urea groups is 1. The van der Waals surface area contributed by atoms with Crippen LogP contribution in [0.1, 0.15) is 44.1 Å². The van der Waals surface area contributed by atoms with Crippen molar-refractivity contribution in [3.05, 3.63) is 35.9 Å². The number of carbonyl (C=O) groups excluding carboxylic acids is 1. The lowest BCUT2D eigenvalue weighted by atomic mass is 9.85. The van der Waals surface area contributed by atoms with E-state index in [2.05, 4.69) is 46.8 Å². The summed E-state index contributed by atoms with van der Waals surface area (Å²) in [6, 6.07) is 10.5. The molecule has 1 saturated carbocycles. The van der Waals surface area contributed by atoms with E-state index in [0.717, 1.165) is 51.6 Å². The molecule has 26 heavy (non-hydrogen) atoms. The zero-order chi connectivity index (χ0) is 18.4. The molecule has 2 amide bonds. The maximum Gasteiger partial charge on any atom is 0.315 e. The molecule has 1 aromatic carbocycles. The predicted octanol–water partition coefficient (Wildman–Crippen LogP) is 2.54. The molecule has 1 aromatic rings. The van der Waals surface area contributed by atoms with Crippen molar-refractivity contribution < 1.29 is 9.90 Å². The molecule has 1 aliphatic carbocycles. The average molecular weight is 360 g/mol. The highest BCUT2D eigenvalue weighted by molar-refractivity contribution is 5.74. The van der Waals surface area contributed by atoms with Crippen LogP contribution in [0.3, 0.4) is 0 Å². The number of carbonyl (C=O) groups is 1. The van der Waals surface area contributed by atoms with Gasteiger partial charge in [-0.2, -0.15) is 0 Å². The second-order valence-electron chi connectivity index (χ2n) is 8.22. The molecule has 1 aliphatic heterocycles. The first kappa shape index (κ1) is 19.2. The summed E-state index contributed by atoms with van der Waals surface area (Å²) in [5.41, 5.74) is 0.600. The first-order chi connectivity index (χ1) is 12.5. The minimum atomic E-state index is -0.716. The molecular weight excluding hydrogens is 326 g/mol. The number of amides is 2. The van der Waals surface area contributed by atoms with Crippen molar-refractivity contribution in [2.75, 3.05) is 26.7 Å². The first-order valence-electron chi connectivity index (χ1n) is 10.0. The number of nitrogens with zero attached hydrogens (tertiary/aromatic N) is 1. The van der Waals surface area contributed by atoms with Gasteiger partial charge in [0.05, 0.1) is 5.60 Å². The van der Waals surface area contributed by atoms with Gasteiger partial charge in [0.1, 0.15) is 0 Å². The molecular formula is C21H33N3O2. The summed E-state index contributed by atoms with van der Waals surface area (Å²) in [6.45, 7) is 2.35. The maximum absolute atomic E-state index is 12.4. The Bertz CT molecular complexity index is 572. The Morgan fingerprint density at radius 2 is 1.96 bits per heavy atom. The van der Waals surface area contributed by atoms with E-state index in [1.807, 2.05) is 6.07 Å². The van der Waals surface area contributed by atoms with Crippen LogP contribution in [0.5, 0.6) is 0 Å². The number of piperidine rings is 1. The van der Waals surface area contributed by atoms with Crippen molar-refractivity contribution in [3.8, 4) is 0 Å². The first-order valence-corrected chi connectivity index (χ1v) is 10.0. The lowest BCUT2D eigenvalue weighted by Crippen LogP contribution is -2.54. The van der Waals surface area contributed by atoms with Crippen molar-refractivity contribution in [2.45, 2.75) is 56.6 Å². The number of nitrogens with one attached hydrogen (secondary N) is 2. The molecule has 1 heterocycles. The van der Waals surface area contributed by atoms with Crippen molar-refractivity contribution in [3.63, 3.8) is 0 Å². The van der Waals surface area contributed by atoms with Crippen LogP contribution in [-0.2, 0) is 6.42 Å². The van der Waals surface area contributed by atoms with E-state index < -0.39 is 5.60 Å². The van der Waals surface area contributed by atoms with Gasteiger partial charge in [0.2, 0.25) is 0 Å². The van der Waals surface area contributed by atoms with E-state index in [1.165, 1.54) is 12.0 Å². The molecule has 3 rings (SSSR count). The van der Waals surface area contributed by atoms with Gasteiger partial charge >= 0.3 is 6.03 Å². The number of likely N-dealkylation sites (tertiary alicyclic amines) is 1. The van der Waals surface area contributed by atoms with Gasteiger partial charge in [0, 0.05) is 19.1 Å². The number of rotatable bonds is 5. The Kier molecular flexibility index (Phi) is 6.54. The summed E-state index contributed by atoms with van der Waals surface area (Å²) < 4.78 is 0. The third-order valence-electron chi connectivity index (χ3n) is 5.96. The highest BCUT2D eigenvalue weighted by Gasteiger charge is 2.31. The Morgan fingerprint density at radius 1 is 1.23 bits per heavy atom. The second-order valence-corrected chi connectivity index (χ2v) is 8.22. The van der Waals surface area contributed by atoms with E-state index in [4.69, 9.17) is 0 Å². The van der Waals surface area contributed by atoms with Crippen molar-refractivity contribution in [1.29, 1.82) is 0 Å². The van der Waals surface area contributed by atoms with Crippen molar-refractivity contribution in [2.24, 2.45) is 5.92 Å². The summed E-state index contributed by atoms with van der Waals surface area (Å²) in [4.78, 5) is 14.8. The van der Waals surface area contributed by atoms with Gasteiger partial charge in [-0.05, 0) is 50.8 Å². The molecule has 2 fully saturated rings. The molecule has 5 nitrogen and oxygen atoms in total. The summed E-state index contributed by atoms with van der Waals surface area (Å²) in [5, 5.41) is 16.7. The van der Waals surface area contributed by atoms with Gasteiger partial charge < -0.3 is 20.6 Å². The zero-order valence-electron chi connectivity index (χ0n) is 15.9. The van der Waals surface area contributed by atoms with Crippen LogP contribution in [-0.4, -0.2) is 54.4 Å². The third-order valence-corrected chi connectivity index (χ3v) is 5.96. The van der Waals surface area contributed by atoms with Crippen LogP contribution in [0, 0.1) is 5.92 Å².